The lowest BCUT2D eigenvalue weighted by Gasteiger charge is -2.30. The molecule has 0 saturated heterocycles. The fourth-order valence-electron chi connectivity index (χ4n) is 4.94. The molecule has 5 rings (SSSR count). The molecule has 0 atom stereocenters. The third kappa shape index (κ3) is 5.71. The van der Waals surface area contributed by atoms with Gasteiger partial charge in [-0.1, -0.05) is 23.7 Å². The van der Waals surface area contributed by atoms with Crippen LogP contribution in [0.15, 0.2) is 54.7 Å². The molecule has 2 N–H and O–H groups in total. The first-order chi connectivity index (χ1) is 18.2. The minimum absolute atomic E-state index is 0.0885. The summed E-state index contributed by atoms with van der Waals surface area (Å²) < 4.78 is 42.8. The van der Waals surface area contributed by atoms with Gasteiger partial charge in [-0.25, -0.2) is 9.67 Å². The van der Waals surface area contributed by atoms with Crippen LogP contribution in [0.25, 0.3) is 16.6 Å². The van der Waals surface area contributed by atoms with E-state index in [9.17, 15) is 13.2 Å². The van der Waals surface area contributed by atoms with Gasteiger partial charge >= 0.3 is 6.18 Å². The number of rotatable bonds is 7. The Morgan fingerprint density at radius 2 is 1.66 bits per heavy atom. The number of hydrogen-bond donors (Lipinski definition) is 2. The van der Waals surface area contributed by atoms with Gasteiger partial charge in [0.1, 0.15) is 5.82 Å². The number of fused-ring (bicyclic) bond motifs is 1. The van der Waals surface area contributed by atoms with Crippen molar-refractivity contribution in [3.05, 3.63) is 71.0 Å². The van der Waals surface area contributed by atoms with Crippen LogP contribution in [0.3, 0.4) is 0 Å². The Labute approximate surface area is 224 Å². The smallest absolute Gasteiger partial charge is 0.362 e. The highest BCUT2D eigenvalue weighted by molar-refractivity contribution is 6.30. The molecular formula is C27H29ClF3N7. The van der Waals surface area contributed by atoms with Crippen molar-refractivity contribution in [2.75, 3.05) is 24.3 Å². The van der Waals surface area contributed by atoms with E-state index in [2.05, 4.69) is 20.7 Å². The van der Waals surface area contributed by atoms with Crippen LogP contribution in [0.5, 0.6) is 0 Å². The van der Waals surface area contributed by atoms with Crippen LogP contribution in [0.4, 0.5) is 24.9 Å². The minimum atomic E-state index is -4.54. The van der Waals surface area contributed by atoms with E-state index in [1.54, 1.807) is 12.1 Å². The zero-order valence-electron chi connectivity index (χ0n) is 21.1. The molecule has 11 heteroatoms. The van der Waals surface area contributed by atoms with Crippen molar-refractivity contribution in [1.82, 2.24) is 25.1 Å². The zero-order valence-corrected chi connectivity index (χ0v) is 21.9. The van der Waals surface area contributed by atoms with Crippen molar-refractivity contribution >= 4 is 34.3 Å². The molecule has 4 aromatic rings. The van der Waals surface area contributed by atoms with E-state index < -0.39 is 11.9 Å². The normalized spacial score (nSPS) is 18.1. The first-order valence-electron chi connectivity index (χ1n) is 12.5. The molecule has 7 nitrogen and oxygen atoms in total. The molecule has 0 unspecified atom stereocenters. The fourth-order valence-corrected chi connectivity index (χ4v) is 5.06. The van der Waals surface area contributed by atoms with Gasteiger partial charge < -0.3 is 15.5 Å². The van der Waals surface area contributed by atoms with Crippen molar-refractivity contribution in [2.24, 2.45) is 0 Å². The third-order valence-corrected chi connectivity index (χ3v) is 7.08. The molecule has 2 aromatic carbocycles. The molecule has 2 heterocycles. The summed E-state index contributed by atoms with van der Waals surface area (Å²) in [6, 6.07) is 14.4. The van der Waals surface area contributed by atoms with E-state index >= 15 is 0 Å². The molecule has 2 aromatic heterocycles. The highest BCUT2D eigenvalue weighted by atomic mass is 35.5. The van der Waals surface area contributed by atoms with Crippen molar-refractivity contribution in [3.63, 3.8) is 0 Å². The topological polar surface area (TPSA) is 70.9 Å². The van der Waals surface area contributed by atoms with Crippen LogP contribution < -0.4 is 15.5 Å². The van der Waals surface area contributed by atoms with Gasteiger partial charge in [0.05, 0.1) is 17.4 Å². The lowest BCUT2D eigenvalue weighted by atomic mass is 9.91. The molecule has 0 radical (unpaired) electrons. The molecule has 0 spiro atoms. The summed E-state index contributed by atoms with van der Waals surface area (Å²) in [7, 11) is 3.91. The molecule has 38 heavy (non-hydrogen) atoms. The Bertz CT molecular complexity index is 1390. The summed E-state index contributed by atoms with van der Waals surface area (Å²) in [5.74, 6) is 1.45. The molecule has 1 aliphatic carbocycles. The maximum absolute atomic E-state index is 14.0. The second kappa shape index (κ2) is 10.8. The summed E-state index contributed by atoms with van der Waals surface area (Å²) >= 11 is 5.89. The van der Waals surface area contributed by atoms with Crippen molar-refractivity contribution in [1.29, 1.82) is 0 Å². The highest BCUT2D eigenvalue weighted by Crippen LogP contribution is 2.34. The summed E-state index contributed by atoms with van der Waals surface area (Å²) in [5, 5.41) is 12.3. The predicted molar refractivity (Wildman–Crippen MR) is 144 cm³/mol. The number of hydrogen-bond acceptors (Lipinski definition) is 6. The number of nitrogens with zero attached hydrogens (tertiary/aromatic N) is 5. The molecular weight excluding hydrogens is 515 g/mol. The first kappa shape index (κ1) is 26.2. The summed E-state index contributed by atoms with van der Waals surface area (Å²) in [6.45, 7) is 0.0885. The molecule has 0 amide bonds. The molecule has 0 aliphatic heterocycles. The molecule has 1 saturated carbocycles. The Morgan fingerprint density at radius 1 is 0.974 bits per heavy atom. The lowest BCUT2D eigenvalue weighted by molar-refractivity contribution is -0.143. The number of anilines is 2. The summed E-state index contributed by atoms with van der Waals surface area (Å²) in [4.78, 5) is 11.4. The van der Waals surface area contributed by atoms with E-state index in [0.717, 1.165) is 47.1 Å². The average Bonchev–Trinajstić information content (AvgIpc) is 3.33. The molecule has 200 valence electrons. The number of para-hydroxylation sites is 1. The van der Waals surface area contributed by atoms with Crippen LogP contribution in [0.1, 0.15) is 36.9 Å². The first-order valence-corrected chi connectivity index (χ1v) is 12.9. The van der Waals surface area contributed by atoms with Crippen LogP contribution in [0.2, 0.25) is 5.02 Å². The maximum Gasteiger partial charge on any atom is 0.433 e. The van der Waals surface area contributed by atoms with Crippen molar-refractivity contribution in [2.45, 2.75) is 50.5 Å². The molecule has 0 bridgehead atoms. The van der Waals surface area contributed by atoms with E-state index in [1.165, 1.54) is 18.3 Å². The quantitative estimate of drug-likeness (QED) is 0.295. The van der Waals surface area contributed by atoms with Crippen molar-refractivity contribution < 1.29 is 13.2 Å². The number of alkyl halides is 3. The van der Waals surface area contributed by atoms with Crippen LogP contribution >= 0.6 is 11.6 Å². The predicted octanol–water partition coefficient (Wildman–Crippen LogP) is 6.07. The largest absolute Gasteiger partial charge is 0.433 e. The van der Waals surface area contributed by atoms with Gasteiger partial charge in [0.25, 0.3) is 0 Å². The fraction of sp³-hybridized carbons (Fsp3) is 0.370. The Hall–Kier alpha value is -3.37. The van der Waals surface area contributed by atoms with Crippen LogP contribution in [0, 0.1) is 0 Å². The van der Waals surface area contributed by atoms with Crippen molar-refractivity contribution in [3.8, 4) is 5.69 Å². The zero-order chi connectivity index (χ0) is 26.9. The van der Waals surface area contributed by atoms with Gasteiger partial charge in [-0.2, -0.15) is 23.3 Å². The summed E-state index contributed by atoms with van der Waals surface area (Å²) in [5.41, 5.74) is 0.540. The second-order valence-corrected chi connectivity index (χ2v) is 10.2. The summed E-state index contributed by atoms with van der Waals surface area (Å²) in [6.07, 6.45) is 0.135. The monoisotopic (exact) mass is 543 g/mol. The SMILES string of the molecule is CN(C)c1nc(N[C@H]2CC[C@@H](NCc3cnn(-c4ccc(Cl)cc4)c3C(F)(F)F)CC2)nc2ccccc12. The Balaban J connectivity index is 1.22. The number of halogens is 4. The van der Waals surface area contributed by atoms with Gasteiger partial charge in [-0.3, -0.25) is 0 Å². The maximum atomic E-state index is 14.0. The van der Waals surface area contributed by atoms with Gasteiger partial charge in [0.15, 0.2) is 5.69 Å². The van der Waals surface area contributed by atoms with Crippen LogP contribution in [-0.2, 0) is 12.7 Å². The molecule has 1 aliphatic rings. The van der Waals surface area contributed by atoms with E-state index in [4.69, 9.17) is 16.6 Å². The highest BCUT2D eigenvalue weighted by Gasteiger charge is 2.38. The van der Waals surface area contributed by atoms with E-state index in [0.29, 0.717) is 16.7 Å². The minimum Gasteiger partial charge on any atom is -0.362 e. The third-order valence-electron chi connectivity index (χ3n) is 6.83. The number of nitrogens with one attached hydrogen (secondary N) is 2. The number of benzene rings is 2. The average molecular weight is 544 g/mol. The lowest BCUT2D eigenvalue weighted by Crippen LogP contribution is -2.37. The number of aromatic nitrogens is 4. The van der Waals surface area contributed by atoms with Gasteiger partial charge in [0.2, 0.25) is 5.95 Å². The van der Waals surface area contributed by atoms with Gasteiger partial charge in [-0.15, -0.1) is 0 Å². The second-order valence-electron chi connectivity index (χ2n) is 9.76. The van der Waals surface area contributed by atoms with Crippen LogP contribution in [-0.4, -0.2) is 45.9 Å². The van der Waals surface area contributed by atoms with E-state index in [1.807, 2.05) is 43.3 Å². The molecule has 1 fully saturated rings. The van der Waals surface area contributed by atoms with Gasteiger partial charge in [-0.05, 0) is 62.1 Å². The standard InChI is InChI=1S/C27H29ClF3N7/c1-37(2)25-22-5-3-4-6-23(22)35-26(36-25)34-20-11-9-19(10-12-20)32-15-17-16-33-38(24(17)27(29,30)31)21-13-7-18(28)8-14-21/h3-8,13-14,16,19-20,32H,9-12,15H2,1-2H3,(H,34,35,36)/t19-,20+. The van der Waals surface area contributed by atoms with Gasteiger partial charge in [0, 0.05) is 48.7 Å². The Morgan fingerprint density at radius 3 is 2.34 bits per heavy atom. The van der Waals surface area contributed by atoms with E-state index in [-0.39, 0.29) is 24.2 Å². The Kier molecular flexibility index (Phi) is 7.45.